The number of rotatable bonds is 19. The topological polar surface area (TPSA) is 238 Å². The fraction of sp³-hybridized carbons (Fsp3) is 0.545. The highest BCUT2D eigenvalue weighted by atomic mass is 16.5. The number of carbonyl (C=O) groups is 8. The number of hydrogen-bond acceptors (Lipinski definition) is 9. The number of carboxylic acid groups (broad SMARTS) is 2. The Balaban J connectivity index is 1.31. The number of ether oxygens (including phenoxy) is 1. The third kappa shape index (κ3) is 12.2. The van der Waals surface area contributed by atoms with E-state index in [4.69, 9.17) is 4.74 Å². The SMILES string of the molecule is CCCC(NC(=O)C1CC(OCc2ccccc2)CN1C(=O)C(NC(=O)C1CCCCC1C(=O)O)C1CCCCC1)C(=O)C(=O)NCC(=O)NC(C(=O)O)c1ccccc1. The highest BCUT2D eigenvalue weighted by molar-refractivity contribution is 6.38. The molecule has 2 aromatic carbocycles. The van der Waals surface area contributed by atoms with E-state index in [0.29, 0.717) is 50.5 Å². The maximum Gasteiger partial charge on any atom is 0.330 e. The quantitative estimate of drug-likeness (QED) is 0.113. The number of Topliss-reactive ketones (excluding diaryl/α,β-unsaturated/α-hetero) is 1. The molecule has 7 atom stereocenters. The van der Waals surface area contributed by atoms with Gasteiger partial charge in [0.2, 0.25) is 29.4 Å². The van der Waals surface area contributed by atoms with E-state index < -0.39 is 95.9 Å². The van der Waals surface area contributed by atoms with E-state index in [2.05, 4.69) is 21.3 Å². The van der Waals surface area contributed by atoms with Crippen LogP contribution in [0.15, 0.2) is 60.7 Å². The van der Waals surface area contributed by atoms with Gasteiger partial charge in [-0.15, -0.1) is 0 Å². The molecule has 16 nitrogen and oxygen atoms in total. The molecule has 1 aliphatic heterocycles. The van der Waals surface area contributed by atoms with Crippen LogP contribution >= 0.6 is 0 Å². The summed E-state index contributed by atoms with van der Waals surface area (Å²) in [6.45, 7) is 1.26. The van der Waals surface area contributed by atoms with E-state index >= 15 is 0 Å². The van der Waals surface area contributed by atoms with E-state index in [1.54, 1.807) is 25.1 Å². The van der Waals surface area contributed by atoms with Crippen LogP contribution in [0.3, 0.4) is 0 Å². The lowest BCUT2D eigenvalue weighted by molar-refractivity contribution is -0.150. The number of likely N-dealkylation sites (tertiary alicyclic amines) is 1. The van der Waals surface area contributed by atoms with Crippen molar-refractivity contribution in [1.82, 2.24) is 26.2 Å². The number of amides is 5. The summed E-state index contributed by atoms with van der Waals surface area (Å²) < 4.78 is 6.22. The fourth-order valence-electron chi connectivity index (χ4n) is 8.60. The van der Waals surface area contributed by atoms with Gasteiger partial charge in [-0.05, 0) is 49.1 Å². The third-order valence-electron chi connectivity index (χ3n) is 11.8. The summed E-state index contributed by atoms with van der Waals surface area (Å²) >= 11 is 0. The number of ketones is 1. The molecule has 16 heteroatoms. The Labute approximate surface area is 349 Å². The highest BCUT2D eigenvalue weighted by Crippen LogP contribution is 2.33. The number of carboxylic acids is 2. The molecule has 5 amide bonds. The van der Waals surface area contributed by atoms with Crippen molar-refractivity contribution in [3.05, 3.63) is 71.8 Å². The molecule has 1 heterocycles. The zero-order valence-electron chi connectivity index (χ0n) is 34.0. The molecule has 2 aliphatic carbocycles. The minimum Gasteiger partial charge on any atom is -0.481 e. The lowest BCUT2D eigenvalue weighted by atomic mass is 9.78. The predicted molar refractivity (Wildman–Crippen MR) is 217 cm³/mol. The first-order valence-corrected chi connectivity index (χ1v) is 21.1. The summed E-state index contributed by atoms with van der Waals surface area (Å²) in [5.41, 5.74) is 1.19. The van der Waals surface area contributed by atoms with Crippen LogP contribution < -0.4 is 21.3 Å². The molecule has 0 bridgehead atoms. The Hall–Kier alpha value is -5.64. The van der Waals surface area contributed by atoms with Crippen molar-refractivity contribution < 1.29 is 53.3 Å². The Morgan fingerprint density at radius 3 is 2.03 bits per heavy atom. The number of carbonyl (C=O) groups excluding carboxylic acids is 6. The fourth-order valence-corrected chi connectivity index (χ4v) is 8.60. The van der Waals surface area contributed by atoms with Crippen molar-refractivity contribution in [2.45, 2.75) is 121 Å². The zero-order chi connectivity index (χ0) is 43.2. The number of nitrogens with one attached hydrogen (secondary N) is 4. The zero-order valence-corrected chi connectivity index (χ0v) is 34.0. The van der Waals surface area contributed by atoms with Gasteiger partial charge in [0.1, 0.15) is 12.1 Å². The summed E-state index contributed by atoms with van der Waals surface area (Å²) in [5.74, 6) is -9.02. The van der Waals surface area contributed by atoms with E-state index in [-0.39, 0.29) is 31.9 Å². The highest BCUT2D eigenvalue weighted by Gasteiger charge is 2.46. The number of nitrogens with zero attached hydrogens (tertiary/aromatic N) is 1. The Morgan fingerprint density at radius 1 is 0.767 bits per heavy atom. The number of benzene rings is 2. The van der Waals surface area contributed by atoms with E-state index in [1.165, 1.54) is 17.0 Å². The maximum atomic E-state index is 14.8. The molecule has 324 valence electrons. The molecule has 0 aromatic heterocycles. The smallest absolute Gasteiger partial charge is 0.330 e. The largest absolute Gasteiger partial charge is 0.481 e. The Morgan fingerprint density at radius 2 is 1.40 bits per heavy atom. The first kappa shape index (κ1) is 45.4. The van der Waals surface area contributed by atoms with Crippen molar-refractivity contribution in [3.8, 4) is 0 Å². The number of aliphatic carboxylic acids is 2. The van der Waals surface area contributed by atoms with Gasteiger partial charge in [0, 0.05) is 13.0 Å². The molecule has 2 aromatic rings. The van der Waals surface area contributed by atoms with Crippen molar-refractivity contribution in [1.29, 1.82) is 0 Å². The van der Waals surface area contributed by atoms with Gasteiger partial charge >= 0.3 is 11.9 Å². The Bertz CT molecular complexity index is 1840. The first-order chi connectivity index (χ1) is 28.9. The standard InChI is InChI=1S/C44H57N5O11/c1-2-14-33(38(51)41(54)45-24-35(50)47-37(44(58)59)29-19-10-5-11-20-29)46-40(53)34-23-30(60-26-27-15-6-3-7-16-27)25-49(34)42(55)36(28-17-8-4-9-18-28)48-39(52)31-21-12-13-22-32(31)43(56)57/h3,5-7,10-11,15-16,19-20,28,30-34,36-37H,2,4,8-9,12-14,17-18,21-26H2,1H3,(H,45,54)(H,46,53)(H,47,50)(H,48,52)(H,56,57)(H,58,59). The third-order valence-corrected chi connectivity index (χ3v) is 11.8. The molecule has 7 unspecified atom stereocenters. The average Bonchev–Trinajstić information content (AvgIpc) is 3.70. The molecule has 6 N–H and O–H groups in total. The molecule has 1 saturated heterocycles. The molecule has 5 rings (SSSR count). The van der Waals surface area contributed by atoms with Crippen LogP contribution in [0.4, 0.5) is 0 Å². The van der Waals surface area contributed by atoms with E-state index in [1.807, 2.05) is 30.3 Å². The monoisotopic (exact) mass is 831 g/mol. The molecule has 0 spiro atoms. The lowest BCUT2D eigenvalue weighted by Gasteiger charge is -2.36. The predicted octanol–water partition coefficient (Wildman–Crippen LogP) is 3.04. The molecule has 2 saturated carbocycles. The van der Waals surface area contributed by atoms with Gasteiger partial charge < -0.3 is 41.1 Å². The maximum absolute atomic E-state index is 14.8. The second-order valence-electron chi connectivity index (χ2n) is 16.0. The van der Waals surface area contributed by atoms with Crippen LogP contribution in [0.1, 0.15) is 101 Å². The van der Waals surface area contributed by atoms with Gasteiger partial charge in [0.05, 0.1) is 37.1 Å². The van der Waals surface area contributed by atoms with Crippen LogP contribution in [0, 0.1) is 17.8 Å². The minimum absolute atomic E-state index is 0.00628. The van der Waals surface area contributed by atoms with Crippen LogP contribution in [-0.2, 0) is 49.7 Å². The van der Waals surface area contributed by atoms with E-state index in [0.717, 1.165) is 24.8 Å². The molecular formula is C44H57N5O11. The van der Waals surface area contributed by atoms with Crippen LogP contribution in [0.2, 0.25) is 0 Å². The number of hydrogen-bond donors (Lipinski definition) is 6. The van der Waals surface area contributed by atoms with Crippen LogP contribution in [0.5, 0.6) is 0 Å². The van der Waals surface area contributed by atoms with Gasteiger partial charge in [0.25, 0.3) is 5.91 Å². The average molecular weight is 832 g/mol. The second kappa shape index (κ2) is 22.1. The van der Waals surface area contributed by atoms with Crippen LogP contribution in [0.25, 0.3) is 0 Å². The molecule has 3 fully saturated rings. The summed E-state index contributed by atoms with van der Waals surface area (Å²) in [7, 11) is 0. The van der Waals surface area contributed by atoms with E-state index in [9.17, 15) is 48.6 Å². The van der Waals surface area contributed by atoms with Gasteiger partial charge in [-0.1, -0.05) is 106 Å². The van der Waals surface area contributed by atoms with Gasteiger partial charge in [-0.25, -0.2) is 4.79 Å². The summed E-state index contributed by atoms with van der Waals surface area (Å²) in [4.78, 5) is 107. The molecular weight excluding hydrogens is 775 g/mol. The van der Waals surface area contributed by atoms with Gasteiger partial charge in [0.15, 0.2) is 6.04 Å². The molecule has 60 heavy (non-hydrogen) atoms. The second-order valence-corrected chi connectivity index (χ2v) is 16.0. The van der Waals surface area contributed by atoms with Crippen LogP contribution in [-0.4, -0.2) is 99.7 Å². The lowest BCUT2D eigenvalue weighted by Crippen LogP contribution is -2.59. The Kier molecular flexibility index (Phi) is 16.7. The van der Waals surface area contributed by atoms with Crippen molar-refractivity contribution in [2.75, 3.05) is 13.1 Å². The van der Waals surface area contributed by atoms with Crippen molar-refractivity contribution >= 4 is 47.3 Å². The van der Waals surface area contributed by atoms with Gasteiger partial charge in [-0.3, -0.25) is 33.6 Å². The van der Waals surface area contributed by atoms with Crippen molar-refractivity contribution in [3.63, 3.8) is 0 Å². The van der Waals surface area contributed by atoms with Gasteiger partial charge in [-0.2, -0.15) is 0 Å². The molecule has 3 aliphatic rings. The normalized spacial score (nSPS) is 22.1. The summed E-state index contributed by atoms with van der Waals surface area (Å²) in [6.07, 6.45) is 6.02. The first-order valence-electron chi connectivity index (χ1n) is 21.1. The van der Waals surface area contributed by atoms with Crippen molar-refractivity contribution in [2.24, 2.45) is 17.8 Å². The summed E-state index contributed by atoms with van der Waals surface area (Å²) in [6, 6.07) is 12.4. The molecule has 0 radical (unpaired) electrons. The summed E-state index contributed by atoms with van der Waals surface area (Å²) in [5, 5.41) is 29.7. The minimum atomic E-state index is -1.39.